The van der Waals surface area contributed by atoms with Crippen LogP contribution in [0.4, 0.5) is 0 Å². The maximum atomic E-state index is 12.6. The fourth-order valence-electron chi connectivity index (χ4n) is 3.13. The topological polar surface area (TPSA) is 111 Å². The Morgan fingerprint density at radius 3 is 2.47 bits per heavy atom. The summed E-state index contributed by atoms with van der Waals surface area (Å²) in [7, 11) is 3.08. The Morgan fingerprint density at radius 1 is 1.06 bits per heavy atom. The molecule has 0 saturated heterocycles. The third kappa shape index (κ3) is 5.84. The first-order chi connectivity index (χ1) is 16.5. The van der Waals surface area contributed by atoms with Crippen molar-refractivity contribution < 1.29 is 28.2 Å². The number of amides is 1. The highest BCUT2D eigenvalue weighted by Crippen LogP contribution is 2.25. The number of carbonyl (C=O) groups is 2. The lowest BCUT2D eigenvalue weighted by atomic mass is 10.1. The molecule has 1 heterocycles. The molecule has 1 aromatic heterocycles. The predicted octanol–water partition coefficient (Wildman–Crippen LogP) is 4.36. The molecule has 3 rings (SSSR count). The second-order valence-corrected chi connectivity index (χ2v) is 7.03. The Kier molecular flexibility index (Phi) is 8.08. The molecule has 3 aromatic rings. The van der Waals surface area contributed by atoms with Crippen molar-refractivity contribution in [1.29, 1.82) is 5.26 Å². The summed E-state index contributed by atoms with van der Waals surface area (Å²) in [5.74, 6) is 1.13. The van der Waals surface area contributed by atoms with E-state index >= 15 is 0 Å². The minimum Gasteiger partial charge on any atom is -0.497 e. The van der Waals surface area contributed by atoms with Gasteiger partial charge in [-0.15, -0.1) is 0 Å². The van der Waals surface area contributed by atoms with Crippen molar-refractivity contribution in [1.82, 2.24) is 5.32 Å². The molecule has 1 N–H and O–H groups in total. The van der Waals surface area contributed by atoms with Gasteiger partial charge in [-0.2, -0.15) is 5.26 Å². The molecule has 0 atom stereocenters. The van der Waals surface area contributed by atoms with E-state index in [9.17, 15) is 14.9 Å². The Morgan fingerprint density at radius 2 is 1.82 bits per heavy atom. The molecule has 0 aliphatic heterocycles. The van der Waals surface area contributed by atoms with Gasteiger partial charge in [-0.05, 0) is 43.3 Å². The molecule has 1 amide bonds. The van der Waals surface area contributed by atoms with Crippen molar-refractivity contribution in [2.24, 2.45) is 0 Å². The number of nitrogens with zero attached hydrogens (tertiary/aromatic N) is 1. The smallest absolute Gasteiger partial charge is 0.338 e. The van der Waals surface area contributed by atoms with Crippen LogP contribution in [0.15, 0.2) is 64.6 Å². The molecule has 0 aliphatic carbocycles. The van der Waals surface area contributed by atoms with Crippen LogP contribution in [0, 0.1) is 11.3 Å². The van der Waals surface area contributed by atoms with Crippen molar-refractivity contribution >= 4 is 18.0 Å². The molecule has 34 heavy (non-hydrogen) atoms. The van der Waals surface area contributed by atoms with Gasteiger partial charge in [0.2, 0.25) is 0 Å². The summed E-state index contributed by atoms with van der Waals surface area (Å²) in [6.07, 6.45) is 1.37. The first-order valence-corrected chi connectivity index (χ1v) is 10.5. The van der Waals surface area contributed by atoms with E-state index in [1.807, 2.05) is 6.07 Å². The maximum Gasteiger partial charge on any atom is 0.338 e. The fourth-order valence-corrected chi connectivity index (χ4v) is 3.13. The Balaban J connectivity index is 1.70. The van der Waals surface area contributed by atoms with Gasteiger partial charge < -0.3 is 23.9 Å². The summed E-state index contributed by atoms with van der Waals surface area (Å²) < 4.78 is 21.2. The third-order valence-electron chi connectivity index (χ3n) is 4.89. The molecule has 8 heteroatoms. The zero-order valence-electron chi connectivity index (χ0n) is 19.1. The van der Waals surface area contributed by atoms with Crippen LogP contribution in [0.25, 0.3) is 17.4 Å². The molecule has 0 unspecified atom stereocenters. The van der Waals surface area contributed by atoms with E-state index in [0.29, 0.717) is 35.2 Å². The van der Waals surface area contributed by atoms with Crippen LogP contribution in [0.5, 0.6) is 11.5 Å². The molecule has 0 saturated carbocycles. The SMILES string of the molecule is CCOC(=O)c1ccc(-c2ccc(/C=C(\C#N)C(=O)NCc3ccc(OC)cc3OC)o2)cc1. The second-order valence-electron chi connectivity index (χ2n) is 7.03. The van der Waals surface area contributed by atoms with Gasteiger partial charge in [0.25, 0.3) is 5.91 Å². The van der Waals surface area contributed by atoms with Gasteiger partial charge in [-0.25, -0.2) is 4.79 Å². The van der Waals surface area contributed by atoms with Crippen LogP contribution >= 0.6 is 0 Å². The summed E-state index contributed by atoms with van der Waals surface area (Å²) in [6.45, 7) is 2.22. The summed E-state index contributed by atoms with van der Waals surface area (Å²) in [6, 6.07) is 17.3. The molecule has 0 spiro atoms. The first-order valence-electron chi connectivity index (χ1n) is 10.5. The van der Waals surface area contributed by atoms with Gasteiger partial charge >= 0.3 is 5.97 Å². The van der Waals surface area contributed by atoms with E-state index in [0.717, 1.165) is 11.1 Å². The van der Waals surface area contributed by atoms with Crippen molar-refractivity contribution in [3.8, 4) is 28.9 Å². The summed E-state index contributed by atoms with van der Waals surface area (Å²) in [4.78, 5) is 24.3. The van der Waals surface area contributed by atoms with Crippen LogP contribution in [-0.2, 0) is 16.1 Å². The third-order valence-corrected chi connectivity index (χ3v) is 4.89. The lowest BCUT2D eigenvalue weighted by Crippen LogP contribution is -2.24. The molecule has 0 bridgehead atoms. The van der Waals surface area contributed by atoms with E-state index < -0.39 is 11.9 Å². The largest absolute Gasteiger partial charge is 0.497 e. The number of rotatable bonds is 9. The lowest BCUT2D eigenvalue weighted by molar-refractivity contribution is -0.117. The van der Waals surface area contributed by atoms with Gasteiger partial charge in [-0.3, -0.25) is 4.79 Å². The van der Waals surface area contributed by atoms with Crippen LogP contribution in [0.1, 0.15) is 28.6 Å². The summed E-state index contributed by atoms with van der Waals surface area (Å²) >= 11 is 0. The minimum absolute atomic E-state index is 0.106. The van der Waals surface area contributed by atoms with Gasteiger partial charge in [0.05, 0.1) is 26.4 Å². The number of carbonyl (C=O) groups excluding carboxylic acids is 2. The first kappa shape index (κ1) is 24.1. The Bertz CT molecular complexity index is 1230. The molecule has 8 nitrogen and oxygen atoms in total. The molecule has 0 radical (unpaired) electrons. The predicted molar refractivity (Wildman–Crippen MR) is 125 cm³/mol. The highest BCUT2D eigenvalue weighted by atomic mass is 16.5. The van der Waals surface area contributed by atoms with Crippen LogP contribution in [0.3, 0.4) is 0 Å². The zero-order valence-corrected chi connectivity index (χ0v) is 19.1. The molecular weight excluding hydrogens is 436 g/mol. The molecule has 0 fully saturated rings. The van der Waals surface area contributed by atoms with Gasteiger partial charge in [0.1, 0.15) is 34.7 Å². The number of furan rings is 1. The normalized spacial score (nSPS) is 10.8. The zero-order chi connectivity index (χ0) is 24.5. The van der Waals surface area contributed by atoms with Crippen LogP contribution in [0.2, 0.25) is 0 Å². The number of nitrogens with one attached hydrogen (secondary N) is 1. The van der Waals surface area contributed by atoms with E-state index in [4.69, 9.17) is 18.6 Å². The number of hydrogen-bond donors (Lipinski definition) is 1. The number of benzene rings is 2. The fraction of sp³-hybridized carbons (Fsp3) is 0.192. The van der Waals surface area contributed by atoms with E-state index in [2.05, 4.69) is 5.32 Å². The maximum absolute atomic E-state index is 12.6. The van der Waals surface area contributed by atoms with Crippen molar-refractivity contribution in [2.75, 3.05) is 20.8 Å². The van der Waals surface area contributed by atoms with E-state index in [1.165, 1.54) is 13.2 Å². The van der Waals surface area contributed by atoms with Crippen LogP contribution in [-0.4, -0.2) is 32.7 Å². The highest BCUT2D eigenvalue weighted by molar-refractivity contribution is 6.01. The number of hydrogen-bond acceptors (Lipinski definition) is 7. The number of methoxy groups -OCH3 is 2. The second kappa shape index (κ2) is 11.4. The van der Waals surface area contributed by atoms with Gasteiger partial charge in [0, 0.05) is 29.8 Å². The van der Waals surface area contributed by atoms with E-state index in [1.54, 1.807) is 68.6 Å². The number of ether oxygens (including phenoxy) is 3. The summed E-state index contributed by atoms with van der Waals surface area (Å²) in [5.41, 5.74) is 1.81. The monoisotopic (exact) mass is 460 g/mol. The average Bonchev–Trinajstić information content (AvgIpc) is 3.34. The van der Waals surface area contributed by atoms with Crippen molar-refractivity contribution in [3.05, 3.63) is 77.1 Å². The lowest BCUT2D eigenvalue weighted by Gasteiger charge is -2.11. The number of esters is 1. The quantitative estimate of drug-likeness (QED) is 0.287. The van der Waals surface area contributed by atoms with Crippen molar-refractivity contribution in [2.45, 2.75) is 13.5 Å². The highest BCUT2D eigenvalue weighted by Gasteiger charge is 2.13. The Hall–Kier alpha value is -4.51. The molecule has 2 aromatic carbocycles. The van der Waals surface area contributed by atoms with Crippen molar-refractivity contribution in [3.63, 3.8) is 0 Å². The molecule has 0 aliphatic rings. The molecule has 174 valence electrons. The van der Waals surface area contributed by atoms with E-state index in [-0.39, 0.29) is 12.1 Å². The van der Waals surface area contributed by atoms with Gasteiger partial charge in [0.15, 0.2) is 0 Å². The Labute approximate surface area is 197 Å². The standard InChI is InChI=1S/C26H24N2O6/c1-4-33-26(30)18-7-5-17(6-8-18)23-12-11-22(34-23)13-20(15-27)25(29)28-16-19-9-10-21(31-2)14-24(19)32-3/h5-14H,4,16H2,1-3H3,(H,28,29)/b20-13+. The minimum atomic E-state index is -0.544. The molecular formula is C26H24N2O6. The summed E-state index contributed by atoms with van der Waals surface area (Å²) in [5, 5.41) is 12.2. The average molecular weight is 460 g/mol. The van der Waals surface area contributed by atoms with Crippen LogP contribution < -0.4 is 14.8 Å². The van der Waals surface area contributed by atoms with Gasteiger partial charge in [-0.1, -0.05) is 12.1 Å². The number of nitriles is 1.